The Labute approximate surface area is 215 Å². The van der Waals surface area contributed by atoms with Crippen LogP contribution in [0.4, 0.5) is 0 Å². The van der Waals surface area contributed by atoms with Crippen LogP contribution in [0, 0.1) is 0 Å². The fraction of sp³-hybridized carbons (Fsp3) is 0.207. The zero-order valence-corrected chi connectivity index (χ0v) is 20.8. The van der Waals surface area contributed by atoms with Gasteiger partial charge in [0, 0.05) is 23.7 Å². The standard InChI is InChI=1S/C29H27ClN4O2/c1-29(28(36)31-19-22-8-4-2-5-9-22)20-34-26(18-25(32-34)23-10-6-3-7-11-23)27(35)33(29)17-16-21-12-14-24(30)15-13-21/h2-15,18H,16-17,19-20H2,1H3,(H,31,36)/t29-/m0/s1. The molecule has 0 saturated carbocycles. The Morgan fingerprint density at radius 1 is 0.972 bits per heavy atom. The first-order valence-electron chi connectivity index (χ1n) is 12.0. The number of nitrogens with one attached hydrogen (secondary N) is 1. The summed E-state index contributed by atoms with van der Waals surface area (Å²) in [5.74, 6) is -0.416. The summed E-state index contributed by atoms with van der Waals surface area (Å²) >= 11 is 6.04. The van der Waals surface area contributed by atoms with Gasteiger partial charge in [-0.05, 0) is 42.7 Å². The third-order valence-corrected chi connectivity index (χ3v) is 6.94. The average molecular weight is 499 g/mol. The van der Waals surface area contributed by atoms with Crippen LogP contribution in [-0.2, 0) is 24.3 Å². The first-order valence-corrected chi connectivity index (χ1v) is 12.3. The molecule has 0 spiro atoms. The molecule has 0 unspecified atom stereocenters. The van der Waals surface area contributed by atoms with E-state index >= 15 is 0 Å². The number of carbonyl (C=O) groups is 2. The third-order valence-electron chi connectivity index (χ3n) is 6.69. The van der Waals surface area contributed by atoms with Crippen LogP contribution in [0.2, 0.25) is 5.02 Å². The smallest absolute Gasteiger partial charge is 0.273 e. The largest absolute Gasteiger partial charge is 0.350 e. The first kappa shape index (κ1) is 23.8. The zero-order chi connectivity index (χ0) is 25.1. The quantitative estimate of drug-likeness (QED) is 0.391. The molecule has 0 radical (unpaired) electrons. The Morgan fingerprint density at radius 2 is 1.64 bits per heavy atom. The predicted molar refractivity (Wildman–Crippen MR) is 141 cm³/mol. The summed E-state index contributed by atoms with van der Waals surface area (Å²) in [5, 5.41) is 8.41. The zero-order valence-electron chi connectivity index (χ0n) is 20.0. The monoisotopic (exact) mass is 498 g/mol. The van der Waals surface area contributed by atoms with Crippen molar-refractivity contribution in [2.45, 2.75) is 32.0 Å². The number of amides is 2. The molecule has 0 saturated heterocycles. The molecule has 0 fully saturated rings. The lowest BCUT2D eigenvalue weighted by atomic mass is 9.94. The van der Waals surface area contributed by atoms with Gasteiger partial charge in [-0.3, -0.25) is 14.3 Å². The van der Waals surface area contributed by atoms with Crippen LogP contribution >= 0.6 is 11.6 Å². The Morgan fingerprint density at radius 3 is 2.33 bits per heavy atom. The summed E-state index contributed by atoms with van der Waals surface area (Å²) in [6.45, 7) is 2.86. The Bertz CT molecular complexity index is 1370. The minimum Gasteiger partial charge on any atom is -0.350 e. The molecule has 6 nitrogen and oxygen atoms in total. The highest BCUT2D eigenvalue weighted by atomic mass is 35.5. The highest BCUT2D eigenvalue weighted by Gasteiger charge is 2.47. The van der Waals surface area contributed by atoms with Crippen LogP contribution in [0.25, 0.3) is 11.3 Å². The average Bonchev–Trinajstić information content (AvgIpc) is 3.33. The normalized spacial score (nSPS) is 17.1. The van der Waals surface area contributed by atoms with Crippen LogP contribution in [0.5, 0.6) is 0 Å². The van der Waals surface area contributed by atoms with E-state index in [4.69, 9.17) is 16.7 Å². The fourth-order valence-corrected chi connectivity index (χ4v) is 4.73. The molecule has 0 aliphatic carbocycles. The van der Waals surface area contributed by atoms with E-state index in [1.54, 1.807) is 9.58 Å². The van der Waals surface area contributed by atoms with Crippen molar-refractivity contribution in [2.24, 2.45) is 0 Å². The van der Waals surface area contributed by atoms with Crippen molar-refractivity contribution in [3.8, 4) is 11.3 Å². The van der Waals surface area contributed by atoms with Crippen molar-refractivity contribution in [2.75, 3.05) is 6.54 Å². The first-order chi connectivity index (χ1) is 17.4. The van der Waals surface area contributed by atoms with Gasteiger partial charge in [-0.2, -0.15) is 5.10 Å². The van der Waals surface area contributed by atoms with Crippen LogP contribution < -0.4 is 5.32 Å². The molecule has 1 aliphatic heterocycles. The van der Waals surface area contributed by atoms with Crippen molar-refractivity contribution in [3.63, 3.8) is 0 Å². The van der Waals surface area contributed by atoms with Gasteiger partial charge < -0.3 is 10.2 Å². The number of benzene rings is 3. The second-order valence-electron chi connectivity index (χ2n) is 9.21. The molecule has 1 aromatic heterocycles. The van der Waals surface area contributed by atoms with E-state index in [0.717, 1.165) is 16.7 Å². The van der Waals surface area contributed by atoms with Crippen molar-refractivity contribution < 1.29 is 9.59 Å². The Hall–Kier alpha value is -3.90. The molecule has 2 amide bonds. The van der Waals surface area contributed by atoms with Gasteiger partial charge in [0.2, 0.25) is 5.91 Å². The molecule has 5 rings (SSSR count). The summed E-state index contributed by atoms with van der Waals surface area (Å²) in [6, 6.07) is 28.9. The van der Waals surface area contributed by atoms with Crippen molar-refractivity contribution in [3.05, 3.63) is 113 Å². The third kappa shape index (κ3) is 4.77. The maximum absolute atomic E-state index is 13.8. The van der Waals surface area contributed by atoms with Crippen LogP contribution in [0.15, 0.2) is 91.0 Å². The van der Waals surface area contributed by atoms with Crippen LogP contribution in [0.1, 0.15) is 28.5 Å². The highest BCUT2D eigenvalue weighted by molar-refractivity contribution is 6.30. The lowest BCUT2D eigenvalue weighted by Crippen LogP contribution is -2.64. The number of rotatable bonds is 7. The van der Waals surface area contributed by atoms with Gasteiger partial charge in [-0.15, -0.1) is 0 Å². The number of carbonyl (C=O) groups excluding carboxylic acids is 2. The summed E-state index contributed by atoms with van der Waals surface area (Å²) < 4.78 is 1.67. The fourth-order valence-electron chi connectivity index (χ4n) is 4.60. The topological polar surface area (TPSA) is 67.2 Å². The van der Waals surface area contributed by atoms with E-state index in [1.807, 2.05) is 97.9 Å². The molecule has 0 bridgehead atoms. The van der Waals surface area contributed by atoms with Crippen molar-refractivity contribution in [1.29, 1.82) is 0 Å². The molecule has 2 heterocycles. The van der Waals surface area contributed by atoms with Crippen molar-refractivity contribution >= 4 is 23.4 Å². The van der Waals surface area contributed by atoms with Crippen LogP contribution in [0.3, 0.4) is 0 Å². The van der Waals surface area contributed by atoms with Gasteiger partial charge in [-0.1, -0.05) is 84.4 Å². The Balaban J connectivity index is 1.45. The summed E-state index contributed by atoms with van der Waals surface area (Å²) in [4.78, 5) is 29.1. The van der Waals surface area contributed by atoms with Gasteiger partial charge in [0.15, 0.2) is 0 Å². The van der Waals surface area contributed by atoms with E-state index in [0.29, 0.717) is 35.9 Å². The molecule has 7 heteroatoms. The maximum Gasteiger partial charge on any atom is 0.273 e. The molecule has 1 aliphatic rings. The van der Waals surface area contributed by atoms with E-state index in [1.165, 1.54) is 0 Å². The number of hydrogen-bond donors (Lipinski definition) is 1. The lowest BCUT2D eigenvalue weighted by molar-refractivity contribution is -0.133. The van der Waals surface area contributed by atoms with Crippen LogP contribution in [-0.4, -0.2) is 38.6 Å². The molecular weight excluding hydrogens is 472 g/mol. The minimum atomic E-state index is -1.11. The van der Waals surface area contributed by atoms with Gasteiger partial charge in [-0.25, -0.2) is 0 Å². The van der Waals surface area contributed by atoms with E-state index in [-0.39, 0.29) is 18.4 Å². The second-order valence-corrected chi connectivity index (χ2v) is 9.65. The number of aromatic nitrogens is 2. The summed E-state index contributed by atoms with van der Waals surface area (Å²) in [5.41, 5.74) is 3.06. The van der Waals surface area contributed by atoms with Crippen molar-refractivity contribution in [1.82, 2.24) is 20.0 Å². The van der Waals surface area contributed by atoms with Gasteiger partial charge >= 0.3 is 0 Å². The van der Waals surface area contributed by atoms with E-state index < -0.39 is 5.54 Å². The molecule has 4 aromatic rings. The highest BCUT2D eigenvalue weighted by Crippen LogP contribution is 2.30. The van der Waals surface area contributed by atoms with E-state index in [9.17, 15) is 9.59 Å². The molecule has 182 valence electrons. The molecule has 36 heavy (non-hydrogen) atoms. The molecular formula is C29H27ClN4O2. The summed E-state index contributed by atoms with van der Waals surface area (Å²) in [7, 11) is 0. The molecule has 1 atom stereocenters. The van der Waals surface area contributed by atoms with Gasteiger partial charge in [0.1, 0.15) is 11.2 Å². The minimum absolute atomic E-state index is 0.206. The SMILES string of the molecule is C[C@@]1(C(=O)NCc2ccccc2)Cn2nc(-c3ccccc3)cc2C(=O)N1CCc1ccc(Cl)cc1. The Kier molecular flexibility index (Phi) is 6.61. The second kappa shape index (κ2) is 9.99. The number of hydrogen-bond acceptors (Lipinski definition) is 3. The molecule has 3 aromatic carbocycles. The maximum atomic E-state index is 13.8. The predicted octanol–water partition coefficient (Wildman–Crippen LogP) is 4.98. The van der Waals surface area contributed by atoms with Gasteiger partial charge in [0.05, 0.1) is 12.2 Å². The number of nitrogens with zero attached hydrogens (tertiary/aromatic N) is 3. The molecule has 1 N–H and O–H groups in total. The van der Waals surface area contributed by atoms with Gasteiger partial charge in [0.25, 0.3) is 5.91 Å². The summed E-state index contributed by atoms with van der Waals surface area (Å²) in [6.07, 6.45) is 0.601. The van der Waals surface area contributed by atoms with E-state index in [2.05, 4.69) is 5.32 Å². The number of fused-ring (bicyclic) bond motifs is 1. The number of halogens is 1. The lowest BCUT2D eigenvalue weighted by Gasteiger charge is -2.43.